The first-order valence-electron chi connectivity index (χ1n) is 11.1. The van der Waals surface area contributed by atoms with Crippen molar-refractivity contribution in [2.75, 3.05) is 35.0 Å². The molecule has 2 atom stereocenters. The Kier molecular flexibility index (Phi) is 4.35. The molecule has 2 aliphatic carbocycles. The number of allylic oxidation sites excluding steroid dienone is 2. The maximum Gasteiger partial charge on any atom is 0.354 e. The molecule has 1 spiro atoms. The van der Waals surface area contributed by atoms with Crippen LogP contribution in [0.5, 0.6) is 17.2 Å². The van der Waals surface area contributed by atoms with Crippen molar-refractivity contribution in [3.63, 3.8) is 0 Å². The standard InChI is InChI=1S/C25H23N3O7/c1-32-17-6-11-5-14(26-19(11)22(34-3)21(17)33-2)23(30)28-10-12-9-25(12)13-7-15(24(31)35-4)27-20(13)16(29)8-18(25)28/h5-8,12,26-27H,9-10H2,1-4H3/t12-,25?/m1/s1. The molecule has 2 N–H and O–H groups in total. The fourth-order valence-corrected chi connectivity index (χ4v) is 5.71. The van der Waals surface area contributed by atoms with Crippen LogP contribution in [0.1, 0.15) is 43.4 Å². The second kappa shape index (κ2) is 7.14. The third-order valence-electron chi connectivity index (χ3n) is 7.37. The molecular formula is C25H23N3O7. The van der Waals surface area contributed by atoms with Crippen molar-refractivity contribution in [2.24, 2.45) is 5.92 Å². The zero-order valence-electron chi connectivity index (χ0n) is 19.6. The highest BCUT2D eigenvalue weighted by molar-refractivity contribution is 6.10. The number of methoxy groups -OCH3 is 4. The lowest BCUT2D eigenvalue weighted by atomic mass is 9.85. The number of rotatable bonds is 5. The molecule has 1 saturated heterocycles. The summed E-state index contributed by atoms with van der Waals surface area (Å²) in [6, 6.07) is 5.20. The number of hydrogen-bond acceptors (Lipinski definition) is 7. The zero-order chi connectivity index (χ0) is 24.6. The number of benzene rings is 1. The normalized spacial score (nSPS) is 21.7. The summed E-state index contributed by atoms with van der Waals surface area (Å²) in [5.41, 5.74) is 2.56. The van der Waals surface area contributed by atoms with Crippen molar-refractivity contribution in [1.82, 2.24) is 14.9 Å². The fourth-order valence-electron chi connectivity index (χ4n) is 5.71. The van der Waals surface area contributed by atoms with E-state index in [1.54, 1.807) is 23.1 Å². The summed E-state index contributed by atoms with van der Waals surface area (Å²) >= 11 is 0. The maximum absolute atomic E-state index is 13.7. The first-order valence-corrected chi connectivity index (χ1v) is 11.1. The number of carbonyl (C=O) groups is 3. The Labute approximate surface area is 199 Å². The highest BCUT2D eigenvalue weighted by Gasteiger charge is 2.68. The lowest BCUT2D eigenvalue weighted by Crippen LogP contribution is -2.33. The van der Waals surface area contributed by atoms with E-state index >= 15 is 0 Å². The smallest absolute Gasteiger partial charge is 0.354 e. The summed E-state index contributed by atoms with van der Waals surface area (Å²) in [4.78, 5) is 46.4. The Balaban J connectivity index is 1.40. The van der Waals surface area contributed by atoms with Crippen LogP contribution in [0, 0.1) is 5.92 Å². The third-order valence-corrected chi connectivity index (χ3v) is 7.37. The van der Waals surface area contributed by atoms with E-state index in [-0.39, 0.29) is 23.3 Å². The van der Waals surface area contributed by atoms with Crippen LogP contribution in [-0.4, -0.2) is 67.5 Å². The van der Waals surface area contributed by atoms with Gasteiger partial charge in [-0.1, -0.05) is 0 Å². The van der Waals surface area contributed by atoms with Crippen molar-refractivity contribution in [3.05, 3.63) is 52.6 Å². The number of hydrogen-bond donors (Lipinski definition) is 2. The average molecular weight is 477 g/mol. The van der Waals surface area contributed by atoms with E-state index in [2.05, 4.69) is 9.97 Å². The average Bonchev–Trinajstić information content (AvgIpc) is 3.21. The molecule has 35 heavy (non-hydrogen) atoms. The molecule has 10 nitrogen and oxygen atoms in total. The van der Waals surface area contributed by atoms with Crippen molar-refractivity contribution >= 4 is 28.6 Å². The Bertz CT molecular complexity index is 1480. The van der Waals surface area contributed by atoms with Gasteiger partial charge in [-0.15, -0.1) is 0 Å². The number of carbonyl (C=O) groups excluding carboxylic acids is 3. The summed E-state index contributed by atoms with van der Waals surface area (Å²) in [6.45, 7) is 0.481. The molecule has 1 amide bonds. The van der Waals surface area contributed by atoms with E-state index in [1.807, 2.05) is 0 Å². The minimum absolute atomic E-state index is 0.171. The number of H-pyrrole nitrogens is 2. The SMILES string of the molecule is COC(=O)c1cc2c([nH]1)C(=O)C=C1N(C(=O)c3cc4cc(OC)c(OC)c(OC)c4[nH]3)C[C@H]3CC123. The minimum Gasteiger partial charge on any atom is -0.493 e. The molecule has 2 aromatic heterocycles. The quantitative estimate of drug-likeness (QED) is 0.542. The van der Waals surface area contributed by atoms with E-state index in [9.17, 15) is 14.4 Å². The highest BCUT2D eigenvalue weighted by Crippen LogP contribution is 2.66. The van der Waals surface area contributed by atoms with E-state index in [0.29, 0.717) is 46.4 Å². The van der Waals surface area contributed by atoms with Crippen LogP contribution in [0.15, 0.2) is 30.0 Å². The molecule has 180 valence electrons. The zero-order valence-corrected chi connectivity index (χ0v) is 19.6. The molecule has 1 aromatic carbocycles. The van der Waals surface area contributed by atoms with Gasteiger partial charge in [-0.25, -0.2) is 4.79 Å². The molecule has 1 unspecified atom stereocenters. The monoisotopic (exact) mass is 477 g/mol. The van der Waals surface area contributed by atoms with Crippen LogP contribution in [0.3, 0.4) is 0 Å². The molecule has 10 heteroatoms. The molecule has 0 radical (unpaired) electrons. The molecule has 2 fully saturated rings. The molecular weight excluding hydrogens is 454 g/mol. The first-order chi connectivity index (χ1) is 16.9. The van der Waals surface area contributed by atoms with Gasteiger partial charge in [0.05, 0.1) is 39.6 Å². The number of amides is 1. The van der Waals surface area contributed by atoms with Crippen LogP contribution >= 0.6 is 0 Å². The number of ether oxygens (including phenoxy) is 4. The summed E-state index contributed by atoms with van der Waals surface area (Å²) in [7, 11) is 5.87. The number of piperidine rings is 1. The summed E-state index contributed by atoms with van der Waals surface area (Å²) < 4.78 is 21.2. The van der Waals surface area contributed by atoms with Gasteiger partial charge >= 0.3 is 5.97 Å². The summed E-state index contributed by atoms with van der Waals surface area (Å²) in [5, 5.41) is 0.728. The van der Waals surface area contributed by atoms with Gasteiger partial charge in [0.1, 0.15) is 11.4 Å². The lowest BCUT2D eigenvalue weighted by molar-refractivity contribution is 0.0594. The van der Waals surface area contributed by atoms with E-state index < -0.39 is 11.4 Å². The second-order valence-electron chi connectivity index (χ2n) is 8.94. The van der Waals surface area contributed by atoms with Gasteiger partial charge in [-0.05, 0) is 36.1 Å². The Morgan fingerprint density at radius 2 is 1.77 bits per heavy atom. The third kappa shape index (κ3) is 2.67. The predicted octanol–water partition coefficient (Wildman–Crippen LogP) is 2.80. The Morgan fingerprint density at radius 1 is 1.00 bits per heavy atom. The second-order valence-corrected chi connectivity index (χ2v) is 8.94. The van der Waals surface area contributed by atoms with E-state index in [0.717, 1.165) is 17.4 Å². The summed E-state index contributed by atoms with van der Waals surface area (Å²) in [6.07, 6.45) is 2.33. The van der Waals surface area contributed by atoms with Crippen molar-refractivity contribution in [2.45, 2.75) is 11.8 Å². The Morgan fingerprint density at radius 3 is 2.46 bits per heavy atom. The number of ketones is 1. The number of aromatic nitrogens is 2. The van der Waals surface area contributed by atoms with Crippen LogP contribution < -0.4 is 14.2 Å². The minimum atomic E-state index is -0.536. The predicted molar refractivity (Wildman–Crippen MR) is 123 cm³/mol. The number of nitrogens with zero attached hydrogens (tertiary/aromatic N) is 1. The number of fused-ring (bicyclic) bond motifs is 2. The fraction of sp³-hybridized carbons (Fsp3) is 0.320. The van der Waals surface area contributed by atoms with Gasteiger partial charge in [-0.3, -0.25) is 9.59 Å². The van der Waals surface area contributed by atoms with Gasteiger partial charge in [0, 0.05) is 29.1 Å². The van der Waals surface area contributed by atoms with Gasteiger partial charge < -0.3 is 33.8 Å². The van der Waals surface area contributed by atoms with Gasteiger partial charge in [0.25, 0.3) is 5.91 Å². The van der Waals surface area contributed by atoms with E-state index in [4.69, 9.17) is 18.9 Å². The molecule has 6 rings (SSSR count). The number of aromatic amines is 2. The topological polar surface area (TPSA) is 123 Å². The molecule has 3 aromatic rings. The Hall–Kier alpha value is -4.21. The van der Waals surface area contributed by atoms with Crippen LogP contribution in [0.25, 0.3) is 10.9 Å². The van der Waals surface area contributed by atoms with Gasteiger partial charge in [-0.2, -0.15) is 0 Å². The van der Waals surface area contributed by atoms with Crippen molar-refractivity contribution < 1.29 is 33.3 Å². The van der Waals surface area contributed by atoms with Crippen LogP contribution in [0.2, 0.25) is 0 Å². The number of likely N-dealkylation sites (tertiary alicyclic amines) is 1. The molecule has 1 saturated carbocycles. The first kappa shape index (κ1) is 21.3. The summed E-state index contributed by atoms with van der Waals surface area (Å²) in [5.74, 6) is 0.454. The van der Waals surface area contributed by atoms with Gasteiger partial charge in [0.15, 0.2) is 11.5 Å². The molecule has 3 aliphatic rings. The highest BCUT2D eigenvalue weighted by atomic mass is 16.5. The van der Waals surface area contributed by atoms with Gasteiger partial charge in [0.2, 0.25) is 11.5 Å². The number of nitrogens with one attached hydrogen (secondary N) is 2. The molecule has 1 aliphatic heterocycles. The van der Waals surface area contributed by atoms with Crippen molar-refractivity contribution in [3.8, 4) is 17.2 Å². The van der Waals surface area contributed by atoms with Crippen LogP contribution in [0.4, 0.5) is 0 Å². The number of esters is 1. The molecule has 3 heterocycles. The lowest BCUT2D eigenvalue weighted by Gasteiger charge is -2.27. The maximum atomic E-state index is 13.7. The largest absolute Gasteiger partial charge is 0.493 e. The van der Waals surface area contributed by atoms with Crippen LogP contribution in [-0.2, 0) is 10.2 Å². The van der Waals surface area contributed by atoms with Crippen molar-refractivity contribution in [1.29, 1.82) is 0 Å². The van der Waals surface area contributed by atoms with E-state index in [1.165, 1.54) is 34.5 Å². The molecule has 0 bridgehead atoms.